The molecule has 1 heterocycles. The van der Waals surface area contributed by atoms with Gasteiger partial charge in [-0.3, -0.25) is 0 Å². The Hall–Kier alpha value is -0.540. The van der Waals surface area contributed by atoms with Crippen LogP contribution in [0.15, 0.2) is 11.3 Å². The molecule has 0 radical (unpaired) electrons. The second-order valence-corrected chi connectivity index (χ2v) is 3.51. The number of hydrogen-bond acceptors (Lipinski definition) is 3. The fourth-order valence-corrected chi connectivity index (χ4v) is 1.57. The molecule has 3 heteroatoms. The Labute approximate surface area is 79.0 Å². The first-order chi connectivity index (χ1) is 6.20. The van der Waals surface area contributed by atoms with E-state index in [4.69, 9.17) is 9.84 Å². The Morgan fingerprint density at radius 2 is 2.15 bits per heavy atom. The van der Waals surface area contributed by atoms with E-state index in [1.165, 1.54) is 0 Å². The summed E-state index contributed by atoms with van der Waals surface area (Å²) in [5, 5.41) is 18.6. The number of aliphatic hydroxyl groups is 2. The number of unbranched alkanes of at least 4 members (excludes halogenated alkanes) is 1. The second kappa shape index (κ2) is 4.63. The summed E-state index contributed by atoms with van der Waals surface area (Å²) < 4.78 is 5.42. The molecule has 2 atom stereocenters. The van der Waals surface area contributed by atoms with Gasteiger partial charge in [-0.2, -0.15) is 0 Å². The summed E-state index contributed by atoms with van der Waals surface area (Å²) in [6.45, 7) is 3.81. The van der Waals surface area contributed by atoms with E-state index >= 15 is 0 Å². The molecule has 0 aromatic rings. The van der Waals surface area contributed by atoms with Crippen LogP contribution in [-0.2, 0) is 4.74 Å². The maximum atomic E-state index is 9.69. The van der Waals surface area contributed by atoms with Crippen LogP contribution < -0.4 is 0 Å². The molecule has 1 aliphatic rings. The van der Waals surface area contributed by atoms with E-state index < -0.39 is 6.10 Å². The van der Waals surface area contributed by atoms with Gasteiger partial charge in [-0.1, -0.05) is 13.3 Å². The van der Waals surface area contributed by atoms with Gasteiger partial charge in [0.1, 0.15) is 24.6 Å². The third-order valence-electron chi connectivity index (χ3n) is 2.52. The van der Waals surface area contributed by atoms with E-state index in [1.54, 1.807) is 0 Å². The fourth-order valence-electron chi connectivity index (χ4n) is 1.57. The van der Waals surface area contributed by atoms with Gasteiger partial charge in [-0.15, -0.1) is 0 Å². The Morgan fingerprint density at radius 3 is 2.62 bits per heavy atom. The summed E-state index contributed by atoms with van der Waals surface area (Å²) in [4.78, 5) is 0. The highest BCUT2D eigenvalue weighted by Crippen LogP contribution is 2.27. The first kappa shape index (κ1) is 10.5. The van der Waals surface area contributed by atoms with Crippen LogP contribution in [-0.4, -0.2) is 29.0 Å². The van der Waals surface area contributed by atoms with Gasteiger partial charge in [0, 0.05) is 0 Å². The molecule has 3 nitrogen and oxygen atoms in total. The Kier molecular flexibility index (Phi) is 3.75. The molecule has 76 valence electrons. The highest BCUT2D eigenvalue weighted by molar-refractivity contribution is 5.18. The average Bonchev–Trinajstić information content (AvgIpc) is 2.41. The van der Waals surface area contributed by atoms with Crippen LogP contribution >= 0.6 is 0 Å². The van der Waals surface area contributed by atoms with Gasteiger partial charge in [0.15, 0.2) is 0 Å². The maximum absolute atomic E-state index is 9.69. The number of ether oxygens (including phenoxy) is 1. The Bertz CT molecular complexity index is 198. The van der Waals surface area contributed by atoms with Gasteiger partial charge < -0.3 is 14.9 Å². The van der Waals surface area contributed by atoms with Gasteiger partial charge in [0.05, 0.1) is 0 Å². The smallest absolute Gasteiger partial charge is 0.128 e. The Morgan fingerprint density at radius 1 is 1.46 bits per heavy atom. The minimum atomic E-state index is -0.520. The topological polar surface area (TPSA) is 49.7 Å². The molecule has 0 saturated carbocycles. The molecule has 0 fully saturated rings. The van der Waals surface area contributed by atoms with Crippen molar-refractivity contribution in [2.24, 2.45) is 0 Å². The summed E-state index contributed by atoms with van der Waals surface area (Å²) in [5.74, 6) is 0.550. The standard InChI is InChI=1S/C10H18O3/c1-3-4-5-8-10(12)7(2)9(6-11)13-8/h8,10-12H,3-6H2,1-2H3/t8?,10-/m0/s1. The highest BCUT2D eigenvalue weighted by atomic mass is 16.5. The lowest BCUT2D eigenvalue weighted by atomic mass is 10.0. The summed E-state index contributed by atoms with van der Waals surface area (Å²) in [6, 6.07) is 0. The van der Waals surface area contributed by atoms with E-state index in [0.29, 0.717) is 5.76 Å². The minimum Gasteiger partial charge on any atom is -0.489 e. The van der Waals surface area contributed by atoms with Gasteiger partial charge in [-0.25, -0.2) is 0 Å². The van der Waals surface area contributed by atoms with E-state index in [-0.39, 0.29) is 12.7 Å². The zero-order valence-electron chi connectivity index (χ0n) is 8.29. The largest absolute Gasteiger partial charge is 0.489 e. The Balaban J connectivity index is 2.49. The summed E-state index contributed by atoms with van der Waals surface area (Å²) in [6.07, 6.45) is 2.35. The van der Waals surface area contributed by atoms with Crippen molar-refractivity contribution < 1.29 is 14.9 Å². The molecular weight excluding hydrogens is 168 g/mol. The third kappa shape index (κ3) is 2.23. The molecule has 0 aliphatic carbocycles. The second-order valence-electron chi connectivity index (χ2n) is 3.51. The molecule has 0 bridgehead atoms. The summed E-state index contributed by atoms with van der Waals surface area (Å²) >= 11 is 0. The van der Waals surface area contributed by atoms with Crippen molar-refractivity contribution in [3.05, 3.63) is 11.3 Å². The number of aliphatic hydroxyl groups excluding tert-OH is 2. The molecular formula is C10H18O3. The van der Waals surface area contributed by atoms with Crippen molar-refractivity contribution >= 4 is 0 Å². The lowest BCUT2D eigenvalue weighted by molar-refractivity contribution is 0.0334. The van der Waals surface area contributed by atoms with Gasteiger partial charge in [0.2, 0.25) is 0 Å². The van der Waals surface area contributed by atoms with E-state index in [1.807, 2.05) is 6.92 Å². The maximum Gasteiger partial charge on any atom is 0.128 e. The molecule has 1 aliphatic heterocycles. The highest BCUT2D eigenvalue weighted by Gasteiger charge is 2.31. The van der Waals surface area contributed by atoms with Crippen molar-refractivity contribution in [2.75, 3.05) is 6.61 Å². The van der Waals surface area contributed by atoms with Gasteiger partial charge in [0.25, 0.3) is 0 Å². The van der Waals surface area contributed by atoms with Crippen molar-refractivity contribution in [3.8, 4) is 0 Å². The van der Waals surface area contributed by atoms with Crippen molar-refractivity contribution in [1.82, 2.24) is 0 Å². The average molecular weight is 186 g/mol. The molecule has 0 amide bonds. The molecule has 13 heavy (non-hydrogen) atoms. The van der Waals surface area contributed by atoms with Crippen LogP contribution in [0.2, 0.25) is 0 Å². The molecule has 0 spiro atoms. The van der Waals surface area contributed by atoms with Gasteiger partial charge >= 0.3 is 0 Å². The molecule has 1 rings (SSSR count). The lowest BCUT2D eigenvalue weighted by Gasteiger charge is -2.15. The van der Waals surface area contributed by atoms with Crippen LogP contribution in [0.4, 0.5) is 0 Å². The van der Waals surface area contributed by atoms with E-state index in [0.717, 1.165) is 24.8 Å². The predicted molar refractivity (Wildman–Crippen MR) is 50.2 cm³/mol. The first-order valence-corrected chi connectivity index (χ1v) is 4.86. The quantitative estimate of drug-likeness (QED) is 0.693. The molecule has 0 aromatic heterocycles. The number of hydrogen-bond donors (Lipinski definition) is 2. The SMILES string of the molecule is CCCCC1OC(CO)=C(C)[C@@H]1O. The summed E-state index contributed by atoms with van der Waals surface area (Å²) in [5.41, 5.74) is 0.781. The zero-order chi connectivity index (χ0) is 9.84. The van der Waals surface area contributed by atoms with Crippen molar-refractivity contribution in [1.29, 1.82) is 0 Å². The first-order valence-electron chi connectivity index (χ1n) is 4.86. The zero-order valence-corrected chi connectivity index (χ0v) is 8.29. The molecule has 1 unspecified atom stereocenters. The molecule has 2 N–H and O–H groups in total. The summed E-state index contributed by atoms with van der Waals surface area (Å²) in [7, 11) is 0. The van der Waals surface area contributed by atoms with E-state index in [2.05, 4.69) is 6.92 Å². The third-order valence-corrected chi connectivity index (χ3v) is 2.52. The molecule has 0 aromatic carbocycles. The van der Waals surface area contributed by atoms with Crippen LogP contribution in [0.3, 0.4) is 0 Å². The molecule has 0 saturated heterocycles. The van der Waals surface area contributed by atoms with Crippen molar-refractivity contribution in [2.45, 2.75) is 45.3 Å². The fraction of sp³-hybridized carbons (Fsp3) is 0.800. The van der Waals surface area contributed by atoms with Crippen LogP contribution in [0, 0.1) is 0 Å². The van der Waals surface area contributed by atoms with Crippen LogP contribution in [0.5, 0.6) is 0 Å². The van der Waals surface area contributed by atoms with Crippen molar-refractivity contribution in [3.63, 3.8) is 0 Å². The lowest BCUT2D eigenvalue weighted by Crippen LogP contribution is -2.23. The monoisotopic (exact) mass is 186 g/mol. The minimum absolute atomic E-state index is 0.106. The van der Waals surface area contributed by atoms with Crippen LogP contribution in [0.1, 0.15) is 33.1 Å². The van der Waals surface area contributed by atoms with Crippen LogP contribution in [0.25, 0.3) is 0 Å². The van der Waals surface area contributed by atoms with E-state index in [9.17, 15) is 5.11 Å². The predicted octanol–water partition coefficient (Wildman–Crippen LogP) is 1.20. The normalized spacial score (nSPS) is 28.0. The van der Waals surface area contributed by atoms with Gasteiger partial charge in [-0.05, 0) is 25.3 Å². The number of rotatable bonds is 4.